The molecule has 0 saturated heterocycles. The van der Waals surface area contributed by atoms with Gasteiger partial charge in [-0.3, -0.25) is 4.99 Å². The minimum absolute atomic E-state index is 0.0101. The van der Waals surface area contributed by atoms with Gasteiger partial charge < -0.3 is 20.3 Å². The van der Waals surface area contributed by atoms with Crippen molar-refractivity contribution in [2.24, 2.45) is 4.99 Å². The van der Waals surface area contributed by atoms with Crippen LogP contribution < -0.4 is 5.11 Å². The van der Waals surface area contributed by atoms with E-state index in [1.54, 1.807) is 6.07 Å². The number of nitrogens with zero attached hydrogens (tertiary/aromatic N) is 1. The zero-order valence-corrected chi connectivity index (χ0v) is 12.2. The first-order chi connectivity index (χ1) is 10.5. The maximum absolute atomic E-state index is 11.9. The summed E-state index contributed by atoms with van der Waals surface area (Å²) in [6, 6.07) is 9.20. The number of rotatable bonds is 6. The Morgan fingerprint density at radius 2 is 2.09 bits per heavy atom. The summed E-state index contributed by atoms with van der Waals surface area (Å²) in [7, 11) is -1.89. The summed E-state index contributed by atoms with van der Waals surface area (Å²) in [6.07, 6.45) is 0.0690. The number of carboxylic acid groups (broad SMARTS) is 1. The summed E-state index contributed by atoms with van der Waals surface area (Å²) in [6.45, 7) is 0. The van der Waals surface area contributed by atoms with Crippen molar-refractivity contribution in [3.8, 4) is 0 Å². The van der Waals surface area contributed by atoms with Crippen molar-refractivity contribution in [3.05, 3.63) is 57.8 Å². The Bertz CT molecular complexity index is 672. The molecule has 2 aromatic rings. The van der Waals surface area contributed by atoms with Gasteiger partial charge >= 0.3 is 13.1 Å². The van der Waals surface area contributed by atoms with Crippen LogP contribution in [0.25, 0.3) is 0 Å². The van der Waals surface area contributed by atoms with Crippen LogP contribution in [0.2, 0.25) is 0 Å². The van der Waals surface area contributed by atoms with Crippen molar-refractivity contribution in [3.63, 3.8) is 0 Å². The number of aromatic carboxylic acids is 1. The molecule has 0 aliphatic rings. The highest BCUT2D eigenvalue weighted by atomic mass is 32.1. The normalized spacial score (nSPS) is 12.9. The fourth-order valence-corrected chi connectivity index (χ4v) is 2.63. The Labute approximate surface area is 131 Å². The van der Waals surface area contributed by atoms with Crippen LogP contribution in [0.1, 0.15) is 26.7 Å². The summed E-state index contributed by atoms with van der Waals surface area (Å²) < 4.78 is 0. The maximum Gasteiger partial charge on any atom is 0.482 e. The van der Waals surface area contributed by atoms with E-state index in [2.05, 4.69) is 4.99 Å². The van der Waals surface area contributed by atoms with E-state index in [-0.39, 0.29) is 17.5 Å². The largest absolute Gasteiger partial charge is 0.862 e. The average molecular weight is 318 g/mol. The maximum atomic E-state index is 11.9. The van der Waals surface area contributed by atoms with Gasteiger partial charge in [-0.1, -0.05) is 18.2 Å². The molecule has 1 aromatic carbocycles. The van der Waals surface area contributed by atoms with Crippen molar-refractivity contribution in [1.82, 2.24) is 0 Å². The van der Waals surface area contributed by atoms with Crippen LogP contribution in [0.4, 0.5) is 0 Å². The van der Waals surface area contributed by atoms with E-state index < -0.39 is 24.9 Å². The second-order valence-corrected chi connectivity index (χ2v) is 5.60. The highest BCUT2D eigenvalue weighted by molar-refractivity contribution is 7.10. The van der Waals surface area contributed by atoms with E-state index in [0.29, 0.717) is 0 Å². The molecule has 0 spiro atoms. The van der Waals surface area contributed by atoms with E-state index in [0.717, 1.165) is 4.88 Å². The molecule has 0 amide bonds. The molecular weight excluding hydrogens is 305 g/mol. The van der Waals surface area contributed by atoms with Gasteiger partial charge in [0, 0.05) is 11.3 Å². The Balaban J connectivity index is 2.26. The molecule has 0 fully saturated rings. The van der Waals surface area contributed by atoms with Crippen molar-refractivity contribution >= 4 is 30.3 Å². The van der Waals surface area contributed by atoms with Gasteiger partial charge in [-0.2, -0.15) is 0 Å². The fourth-order valence-electron chi connectivity index (χ4n) is 1.93. The van der Waals surface area contributed by atoms with Crippen LogP contribution in [-0.2, 0) is 6.42 Å². The predicted octanol–water partition coefficient (Wildman–Crippen LogP) is 0.501. The molecule has 0 bridgehead atoms. The lowest BCUT2D eigenvalue weighted by molar-refractivity contribution is -0.218. The Morgan fingerprint density at radius 1 is 1.32 bits per heavy atom. The topological polar surface area (TPSA) is 113 Å². The molecule has 0 radical (unpaired) electrons. The number of carboxylic acids is 1. The molecule has 1 atom stereocenters. The number of carbonyl (C=O) groups is 1. The van der Waals surface area contributed by atoms with E-state index in [4.69, 9.17) is 5.11 Å². The molecule has 3 N–H and O–H groups in total. The number of thiophene rings is 1. The Morgan fingerprint density at radius 3 is 2.68 bits per heavy atom. The first-order valence-electron chi connectivity index (χ1n) is 6.43. The summed E-state index contributed by atoms with van der Waals surface area (Å²) in [5, 5.41) is 41.6. The molecule has 2 rings (SSSR count). The zero-order valence-electron chi connectivity index (χ0n) is 11.4. The lowest BCUT2D eigenvalue weighted by Crippen LogP contribution is -2.28. The molecule has 22 heavy (non-hydrogen) atoms. The smallest absolute Gasteiger partial charge is 0.482 e. The lowest BCUT2D eigenvalue weighted by Gasteiger charge is -2.17. The van der Waals surface area contributed by atoms with Gasteiger partial charge in [-0.15, -0.1) is 11.3 Å². The van der Waals surface area contributed by atoms with Gasteiger partial charge in [-0.25, -0.2) is 4.79 Å². The van der Waals surface area contributed by atoms with Crippen LogP contribution in [0.5, 0.6) is 0 Å². The molecule has 0 aliphatic carbocycles. The third kappa shape index (κ3) is 4.17. The molecular formula is C14H13BNO5S-. The standard InChI is InChI=1S/C14H14BNO5S/c17-12(8-11-5-2-6-22-11)16-13(15(20)21)9-3-1-4-10(7-9)14(18)19/h1-7,13,20-21H,8H2,(H,16,17)(H,18,19)/p-1/t13-/m0/s1. The SMILES string of the molecule is O=C(O)c1cccc([C@H](N=C([O-])Cc2cccs2)B(O)O)c1. The van der Waals surface area contributed by atoms with Crippen LogP contribution in [0.15, 0.2) is 46.8 Å². The van der Waals surface area contributed by atoms with Gasteiger partial charge in [0.15, 0.2) is 0 Å². The number of hydrogen-bond donors (Lipinski definition) is 3. The molecule has 0 unspecified atom stereocenters. The van der Waals surface area contributed by atoms with E-state index in [9.17, 15) is 19.9 Å². The Hall–Kier alpha value is -2.16. The number of aliphatic imine (C=N–C) groups is 1. The van der Waals surface area contributed by atoms with Gasteiger partial charge in [0.25, 0.3) is 0 Å². The summed E-state index contributed by atoms with van der Waals surface area (Å²) in [5.41, 5.74) is 0.249. The third-order valence-electron chi connectivity index (χ3n) is 2.95. The van der Waals surface area contributed by atoms with Gasteiger partial charge in [0.2, 0.25) is 0 Å². The van der Waals surface area contributed by atoms with Crippen LogP contribution >= 0.6 is 11.3 Å². The molecule has 6 nitrogen and oxygen atoms in total. The highest BCUT2D eigenvalue weighted by Gasteiger charge is 2.25. The predicted molar refractivity (Wildman–Crippen MR) is 81.8 cm³/mol. The monoisotopic (exact) mass is 318 g/mol. The number of benzene rings is 1. The van der Waals surface area contributed by atoms with Gasteiger partial charge in [0.1, 0.15) is 5.94 Å². The molecule has 1 heterocycles. The minimum atomic E-state index is -1.89. The van der Waals surface area contributed by atoms with Crippen LogP contribution in [-0.4, -0.2) is 34.1 Å². The first-order valence-corrected chi connectivity index (χ1v) is 7.31. The van der Waals surface area contributed by atoms with E-state index in [1.165, 1.54) is 35.6 Å². The second-order valence-electron chi connectivity index (χ2n) is 4.57. The average Bonchev–Trinajstić information content (AvgIpc) is 2.97. The lowest BCUT2D eigenvalue weighted by atomic mass is 9.75. The zero-order chi connectivity index (χ0) is 16.1. The summed E-state index contributed by atoms with van der Waals surface area (Å²) in [4.78, 5) is 15.6. The van der Waals surface area contributed by atoms with Crippen molar-refractivity contribution in [1.29, 1.82) is 0 Å². The first kappa shape index (κ1) is 16.2. The quantitative estimate of drug-likeness (QED) is 0.408. The summed E-state index contributed by atoms with van der Waals surface area (Å²) in [5.74, 6) is -2.86. The second kappa shape index (κ2) is 7.21. The molecule has 114 valence electrons. The number of hydrogen-bond acceptors (Lipinski definition) is 6. The Kier molecular flexibility index (Phi) is 5.32. The van der Waals surface area contributed by atoms with Crippen LogP contribution in [0.3, 0.4) is 0 Å². The van der Waals surface area contributed by atoms with Crippen molar-refractivity contribution in [2.75, 3.05) is 0 Å². The van der Waals surface area contributed by atoms with Crippen molar-refractivity contribution < 1.29 is 25.1 Å². The molecule has 8 heteroatoms. The van der Waals surface area contributed by atoms with Crippen LogP contribution in [0, 0.1) is 0 Å². The van der Waals surface area contributed by atoms with Crippen molar-refractivity contribution in [2.45, 2.75) is 12.4 Å². The highest BCUT2D eigenvalue weighted by Crippen LogP contribution is 2.21. The molecule has 0 saturated carbocycles. The third-order valence-corrected chi connectivity index (χ3v) is 3.82. The minimum Gasteiger partial charge on any atom is -0.862 e. The van der Waals surface area contributed by atoms with Gasteiger partial charge in [-0.05, 0) is 35.0 Å². The molecule has 1 aromatic heterocycles. The van der Waals surface area contributed by atoms with E-state index in [1.807, 2.05) is 11.4 Å². The molecule has 0 aliphatic heterocycles. The van der Waals surface area contributed by atoms with Gasteiger partial charge in [0.05, 0.1) is 5.56 Å². The summed E-state index contributed by atoms with van der Waals surface area (Å²) >= 11 is 1.41. The fraction of sp³-hybridized carbons (Fsp3) is 0.143. The van der Waals surface area contributed by atoms with E-state index >= 15 is 0 Å².